The lowest BCUT2D eigenvalue weighted by molar-refractivity contribution is 1.41. The minimum absolute atomic E-state index is 0.715. The van der Waals surface area contributed by atoms with Crippen molar-refractivity contribution in [3.05, 3.63) is 65.8 Å². The Labute approximate surface area is 105 Å². The number of fused-ring (bicyclic) bond motifs is 1. The van der Waals surface area contributed by atoms with Crippen molar-refractivity contribution < 1.29 is 0 Å². The molecule has 1 aromatic heterocycles. The maximum Gasteiger partial charge on any atom is 0.0702 e. The Hall–Kier alpha value is -1.86. The molecule has 0 amide bonds. The average Bonchev–Trinajstić information content (AvgIpc) is 2.38. The Morgan fingerprint density at radius 3 is 2.82 bits per heavy atom. The predicted molar refractivity (Wildman–Crippen MR) is 71.0 cm³/mol. The summed E-state index contributed by atoms with van der Waals surface area (Å²) in [6.45, 7) is 0. The molecule has 0 aliphatic heterocycles. The van der Waals surface area contributed by atoms with Crippen LogP contribution in [0, 0.1) is 6.07 Å². The number of pyridine rings is 1. The van der Waals surface area contributed by atoms with Crippen LogP contribution in [-0.2, 0) is 0 Å². The average molecular weight is 239 g/mol. The smallest absolute Gasteiger partial charge is 0.0702 e. The quantitative estimate of drug-likeness (QED) is 0.614. The molecule has 0 spiro atoms. The lowest BCUT2D eigenvalue weighted by Gasteiger charge is -2.03. The molecule has 1 radical (unpaired) electrons. The minimum atomic E-state index is 0.715. The molecule has 3 aromatic rings. The Kier molecular flexibility index (Phi) is 2.54. The maximum atomic E-state index is 5.97. The largest absolute Gasteiger partial charge is 0.256 e. The van der Waals surface area contributed by atoms with Crippen LogP contribution in [0.3, 0.4) is 0 Å². The monoisotopic (exact) mass is 238 g/mol. The van der Waals surface area contributed by atoms with Gasteiger partial charge in [0, 0.05) is 22.2 Å². The van der Waals surface area contributed by atoms with E-state index >= 15 is 0 Å². The van der Waals surface area contributed by atoms with Gasteiger partial charge in [-0.1, -0.05) is 35.9 Å². The van der Waals surface area contributed by atoms with Gasteiger partial charge >= 0.3 is 0 Å². The van der Waals surface area contributed by atoms with Gasteiger partial charge in [-0.2, -0.15) is 0 Å². The van der Waals surface area contributed by atoms with Crippen molar-refractivity contribution in [2.75, 3.05) is 0 Å². The second kappa shape index (κ2) is 4.19. The van der Waals surface area contributed by atoms with E-state index in [-0.39, 0.29) is 0 Å². The van der Waals surface area contributed by atoms with Crippen LogP contribution < -0.4 is 0 Å². The lowest BCUT2D eigenvalue weighted by Crippen LogP contribution is -1.82. The molecule has 0 atom stereocenters. The molecule has 0 aliphatic carbocycles. The van der Waals surface area contributed by atoms with Gasteiger partial charge in [-0.25, -0.2) is 0 Å². The predicted octanol–water partition coefficient (Wildman–Crippen LogP) is 4.36. The fourth-order valence-electron chi connectivity index (χ4n) is 1.82. The third kappa shape index (κ3) is 2.02. The molecule has 0 fully saturated rings. The molecule has 81 valence electrons. The van der Waals surface area contributed by atoms with Crippen LogP contribution in [0.2, 0.25) is 5.02 Å². The highest BCUT2D eigenvalue weighted by Crippen LogP contribution is 2.24. The molecule has 3 rings (SSSR count). The van der Waals surface area contributed by atoms with Gasteiger partial charge in [0.2, 0.25) is 0 Å². The van der Waals surface area contributed by atoms with Crippen molar-refractivity contribution in [2.45, 2.75) is 0 Å². The third-order valence-corrected chi connectivity index (χ3v) is 2.90. The normalized spacial score (nSPS) is 10.6. The van der Waals surface area contributed by atoms with Gasteiger partial charge in [0.25, 0.3) is 0 Å². The van der Waals surface area contributed by atoms with Gasteiger partial charge < -0.3 is 0 Å². The van der Waals surface area contributed by atoms with E-state index in [0.717, 1.165) is 22.0 Å². The van der Waals surface area contributed by atoms with E-state index in [1.807, 2.05) is 42.6 Å². The molecule has 0 saturated carbocycles. The molecule has 0 bridgehead atoms. The van der Waals surface area contributed by atoms with Crippen LogP contribution in [-0.4, -0.2) is 4.98 Å². The highest BCUT2D eigenvalue weighted by molar-refractivity contribution is 6.30. The zero-order valence-electron chi connectivity index (χ0n) is 9.02. The number of rotatable bonds is 1. The van der Waals surface area contributed by atoms with Gasteiger partial charge in [0.1, 0.15) is 0 Å². The van der Waals surface area contributed by atoms with Gasteiger partial charge in [-0.15, -0.1) is 0 Å². The molecule has 17 heavy (non-hydrogen) atoms. The first-order valence-corrected chi connectivity index (χ1v) is 5.73. The Morgan fingerprint density at radius 1 is 1.06 bits per heavy atom. The van der Waals surface area contributed by atoms with Gasteiger partial charge in [-0.05, 0) is 35.9 Å². The molecule has 1 nitrogen and oxygen atoms in total. The first-order chi connectivity index (χ1) is 8.33. The number of halogens is 1. The topological polar surface area (TPSA) is 12.9 Å². The number of hydrogen-bond donors (Lipinski definition) is 0. The number of hydrogen-bond acceptors (Lipinski definition) is 1. The molecule has 2 aromatic carbocycles. The Morgan fingerprint density at radius 2 is 1.94 bits per heavy atom. The first-order valence-electron chi connectivity index (χ1n) is 5.35. The van der Waals surface area contributed by atoms with Crippen molar-refractivity contribution in [3.63, 3.8) is 0 Å². The molecule has 1 heterocycles. The number of aromatic nitrogens is 1. The van der Waals surface area contributed by atoms with Crippen LogP contribution in [0.5, 0.6) is 0 Å². The van der Waals surface area contributed by atoms with E-state index < -0.39 is 0 Å². The van der Waals surface area contributed by atoms with E-state index in [2.05, 4.69) is 23.2 Å². The van der Waals surface area contributed by atoms with Crippen LogP contribution in [0.15, 0.2) is 54.7 Å². The summed E-state index contributed by atoms with van der Waals surface area (Å²) in [5.41, 5.74) is 3.00. The molecule has 0 N–H and O–H groups in total. The molecular weight excluding hydrogens is 230 g/mol. The standard InChI is InChI=1S/C15H9ClN/c16-14-6-3-5-11(9-14)13-8-12-4-1-2-7-15(12)17-10-13/h1-4,6-10H. The second-order valence-corrected chi connectivity index (χ2v) is 4.27. The SMILES string of the molecule is Clc1cc[c]c(-c2cnc3ccccc3c2)c1. The van der Waals surface area contributed by atoms with E-state index in [1.54, 1.807) is 0 Å². The van der Waals surface area contributed by atoms with Crippen molar-refractivity contribution in [2.24, 2.45) is 0 Å². The molecular formula is C15H9ClN. The first kappa shape index (κ1) is 10.3. The van der Waals surface area contributed by atoms with Gasteiger partial charge in [0.15, 0.2) is 0 Å². The summed E-state index contributed by atoms with van der Waals surface area (Å²) in [5.74, 6) is 0. The van der Waals surface area contributed by atoms with Crippen molar-refractivity contribution in [3.8, 4) is 11.1 Å². The van der Waals surface area contributed by atoms with Crippen LogP contribution in [0.1, 0.15) is 0 Å². The number of nitrogens with zero attached hydrogens (tertiary/aromatic N) is 1. The van der Waals surface area contributed by atoms with Crippen molar-refractivity contribution in [1.29, 1.82) is 0 Å². The van der Waals surface area contributed by atoms with E-state index in [0.29, 0.717) is 5.02 Å². The Balaban J connectivity index is 2.18. The zero-order chi connectivity index (χ0) is 11.7. The summed E-state index contributed by atoms with van der Waals surface area (Å²) in [7, 11) is 0. The van der Waals surface area contributed by atoms with E-state index in [9.17, 15) is 0 Å². The molecule has 0 aliphatic rings. The maximum absolute atomic E-state index is 5.97. The fraction of sp³-hybridized carbons (Fsp3) is 0. The molecule has 0 saturated heterocycles. The molecule has 0 unspecified atom stereocenters. The van der Waals surface area contributed by atoms with E-state index in [4.69, 9.17) is 11.6 Å². The van der Waals surface area contributed by atoms with Crippen molar-refractivity contribution >= 4 is 22.5 Å². The fourth-order valence-corrected chi connectivity index (χ4v) is 2.00. The zero-order valence-corrected chi connectivity index (χ0v) is 9.78. The number of para-hydroxylation sites is 1. The van der Waals surface area contributed by atoms with Crippen molar-refractivity contribution in [1.82, 2.24) is 4.98 Å². The Bertz CT molecular complexity index is 676. The summed E-state index contributed by atoms with van der Waals surface area (Å²) in [4.78, 5) is 4.42. The van der Waals surface area contributed by atoms with Crippen LogP contribution >= 0.6 is 11.6 Å². The summed E-state index contributed by atoms with van der Waals surface area (Å²) in [6.07, 6.45) is 1.85. The molecule has 2 heteroatoms. The van der Waals surface area contributed by atoms with Gasteiger partial charge in [-0.3, -0.25) is 4.98 Å². The highest BCUT2D eigenvalue weighted by atomic mass is 35.5. The van der Waals surface area contributed by atoms with Crippen LogP contribution in [0.4, 0.5) is 0 Å². The highest BCUT2D eigenvalue weighted by Gasteiger charge is 2.01. The van der Waals surface area contributed by atoms with E-state index in [1.165, 1.54) is 0 Å². The lowest BCUT2D eigenvalue weighted by atomic mass is 10.1. The third-order valence-electron chi connectivity index (χ3n) is 2.67. The van der Waals surface area contributed by atoms with Crippen LogP contribution in [0.25, 0.3) is 22.0 Å². The number of benzene rings is 2. The van der Waals surface area contributed by atoms with Gasteiger partial charge in [0.05, 0.1) is 5.52 Å². The summed E-state index contributed by atoms with van der Waals surface area (Å²) in [5, 5.41) is 1.84. The summed E-state index contributed by atoms with van der Waals surface area (Å²) in [6, 6.07) is 18.9. The summed E-state index contributed by atoms with van der Waals surface area (Å²) < 4.78 is 0. The summed E-state index contributed by atoms with van der Waals surface area (Å²) >= 11 is 5.97. The minimum Gasteiger partial charge on any atom is -0.256 e. The second-order valence-electron chi connectivity index (χ2n) is 3.84.